The normalized spacial score (nSPS) is 21.0. The van der Waals surface area contributed by atoms with Crippen LogP contribution in [0.4, 0.5) is 5.69 Å². The molecule has 1 atom stereocenters. The van der Waals surface area contributed by atoms with Gasteiger partial charge in [0.2, 0.25) is 0 Å². The zero-order valence-electron chi connectivity index (χ0n) is 7.73. The van der Waals surface area contributed by atoms with Gasteiger partial charge in [-0.15, -0.1) is 0 Å². The molecular formula is C11H13NO. The Morgan fingerprint density at radius 3 is 2.46 bits per heavy atom. The predicted octanol–water partition coefficient (Wildman–Crippen LogP) is 1.85. The van der Waals surface area contributed by atoms with Crippen LogP contribution in [0.3, 0.4) is 0 Å². The molecule has 0 spiro atoms. The Hall–Kier alpha value is -1.31. The van der Waals surface area contributed by atoms with Gasteiger partial charge in [0.1, 0.15) is 0 Å². The fourth-order valence-corrected chi connectivity index (χ4v) is 1.64. The molecule has 13 heavy (non-hydrogen) atoms. The first-order valence-electron chi connectivity index (χ1n) is 4.59. The highest BCUT2D eigenvalue weighted by molar-refractivity contribution is 5.92. The Morgan fingerprint density at radius 2 is 2.00 bits per heavy atom. The van der Waals surface area contributed by atoms with Crippen LogP contribution in [0.5, 0.6) is 0 Å². The van der Waals surface area contributed by atoms with E-state index in [9.17, 15) is 4.79 Å². The summed E-state index contributed by atoms with van der Waals surface area (Å²) in [4.78, 5) is 13.3. The van der Waals surface area contributed by atoms with Gasteiger partial charge >= 0.3 is 0 Å². The van der Waals surface area contributed by atoms with E-state index in [0.29, 0.717) is 5.78 Å². The van der Waals surface area contributed by atoms with E-state index in [4.69, 9.17) is 0 Å². The van der Waals surface area contributed by atoms with Crippen LogP contribution in [-0.4, -0.2) is 18.9 Å². The molecular weight excluding hydrogens is 162 g/mol. The highest BCUT2D eigenvalue weighted by atomic mass is 16.1. The SMILES string of the molecule is CN(c1ccccc1)[C@@H]1CCC1=O. The number of nitrogens with zero attached hydrogens (tertiary/aromatic N) is 1. The fourth-order valence-electron chi connectivity index (χ4n) is 1.64. The maximum atomic E-state index is 11.2. The number of carbonyl (C=O) groups excluding carboxylic acids is 1. The van der Waals surface area contributed by atoms with Crippen LogP contribution in [0.1, 0.15) is 12.8 Å². The molecule has 1 saturated carbocycles. The van der Waals surface area contributed by atoms with Crippen molar-refractivity contribution < 1.29 is 4.79 Å². The van der Waals surface area contributed by atoms with Gasteiger partial charge in [-0.2, -0.15) is 0 Å². The van der Waals surface area contributed by atoms with E-state index in [1.54, 1.807) is 0 Å². The van der Waals surface area contributed by atoms with E-state index < -0.39 is 0 Å². The second kappa shape index (κ2) is 3.21. The first kappa shape index (κ1) is 8.30. The van der Waals surface area contributed by atoms with Gasteiger partial charge in [-0.25, -0.2) is 0 Å². The number of benzene rings is 1. The first-order chi connectivity index (χ1) is 6.29. The molecule has 0 unspecified atom stereocenters. The highest BCUT2D eigenvalue weighted by Crippen LogP contribution is 2.24. The Labute approximate surface area is 78.2 Å². The molecule has 1 aromatic rings. The third-order valence-electron chi connectivity index (χ3n) is 2.67. The Balaban J connectivity index is 2.13. The van der Waals surface area contributed by atoms with E-state index in [1.165, 1.54) is 0 Å². The Bertz CT molecular complexity index is 307. The predicted molar refractivity (Wildman–Crippen MR) is 52.9 cm³/mol. The van der Waals surface area contributed by atoms with E-state index in [1.807, 2.05) is 37.4 Å². The summed E-state index contributed by atoms with van der Waals surface area (Å²) >= 11 is 0. The number of anilines is 1. The molecule has 0 heterocycles. The maximum absolute atomic E-state index is 11.2. The first-order valence-corrected chi connectivity index (χ1v) is 4.59. The highest BCUT2D eigenvalue weighted by Gasteiger charge is 2.31. The van der Waals surface area contributed by atoms with Crippen molar-refractivity contribution in [1.29, 1.82) is 0 Å². The molecule has 0 radical (unpaired) electrons. The maximum Gasteiger partial charge on any atom is 0.155 e. The number of hydrogen-bond donors (Lipinski definition) is 0. The molecule has 1 fully saturated rings. The average Bonchev–Trinajstić information content (AvgIpc) is 2.17. The van der Waals surface area contributed by atoms with Gasteiger partial charge in [0.15, 0.2) is 5.78 Å². The minimum absolute atomic E-state index is 0.127. The van der Waals surface area contributed by atoms with Gasteiger partial charge < -0.3 is 4.90 Å². The minimum Gasteiger partial charge on any atom is -0.365 e. The summed E-state index contributed by atoms with van der Waals surface area (Å²) in [5.74, 6) is 0.367. The number of rotatable bonds is 2. The van der Waals surface area contributed by atoms with Crippen LogP contribution in [0.25, 0.3) is 0 Å². The van der Waals surface area contributed by atoms with E-state index >= 15 is 0 Å². The largest absolute Gasteiger partial charge is 0.365 e. The molecule has 0 aromatic heterocycles. The lowest BCUT2D eigenvalue weighted by atomic mass is 9.90. The topological polar surface area (TPSA) is 20.3 Å². The lowest BCUT2D eigenvalue weighted by Crippen LogP contribution is -2.45. The van der Waals surface area contributed by atoms with Crippen molar-refractivity contribution in [2.45, 2.75) is 18.9 Å². The summed E-state index contributed by atoms with van der Waals surface area (Å²) in [6.45, 7) is 0. The lowest BCUT2D eigenvalue weighted by Gasteiger charge is -2.34. The van der Waals surface area contributed by atoms with E-state index in [0.717, 1.165) is 18.5 Å². The van der Waals surface area contributed by atoms with E-state index in [2.05, 4.69) is 4.90 Å². The molecule has 2 heteroatoms. The zero-order valence-corrected chi connectivity index (χ0v) is 7.73. The van der Waals surface area contributed by atoms with E-state index in [-0.39, 0.29) is 6.04 Å². The van der Waals surface area contributed by atoms with Crippen molar-refractivity contribution >= 4 is 11.5 Å². The molecule has 68 valence electrons. The second-order valence-corrected chi connectivity index (χ2v) is 3.47. The molecule has 0 aliphatic heterocycles. The average molecular weight is 175 g/mol. The Morgan fingerprint density at radius 1 is 1.31 bits per heavy atom. The number of hydrogen-bond acceptors (Lipinski definition) is 2. The van der Waals surface area contributed by atoms with Gasteiger partial charge in [0, 0.05) is 19.2 Å². The lowest BCUT2D eigenvalue weighted by molar-refractivity contribution is -0.125. The molecule has 0 saturated heterocycles. The third kappa shape index (κ3) is 1.44. The summed E-state index contributed by atoms with van der Waals surface area (Å²) in [7, 11) is 1.98. The number of para-hydroxylation sites is 1. The molecule has 2 nitrogen and oxygen atoms in total. The molecule has 2 rings (SSSR count). The summed E-state index contributed by atoms with van der Waals surface area (Å²) in [5, 5.41) is 0. The molecule has 0 amide bonds. The van der Waals surface area contributed by atoms with Crippen molar-refractivity contribution in [2.24, 2.45) is 0 Å². The van der Waals surface area contributed by atoms with Gasteiger partial charge in [-0.1, -0.05) is 18.2 Å². The minimum atomic E-state index is 0.127. The van der Waals surface area contributed by atoms with Gasteiger partial charge in [0.05, 0.1) is 6.04 Å². The summed E-state index contributed by atoms with van der Waals surface area (Å²) in [6, 6.07) is 10.2. The fraction of sp³-hybridized carbons (Fsp3) is 0.364. The second-order valence-electron chi connectivity index (χ2n) is 3.47. The molecule has 1 aliphatic rings. The number of Topliss-reactive ketones (excluding diaryl/α,β-unsaturated/α-hetero) is 1. The molecule has 1 aliphatic carbocycles. The summed E-state index contributed by atoms with van der Waals surface area (Å²) < 4.78 is 0. The van der Waals surface area contributed by atoms with Crippen LogP contribution < -0.4 is 4.90 Å². The summed E-state index contributed by atoms with van der Waals surface area (Å²) in [5.41, 5.74) is 1.13. The number of ketones is 1. The zero-order chi connectivity index (χ0) is 9.26. The Kier molecular flexibility index (Phi) is 2.05. The van der Waals surface area contributed by atoms with Crippen LogP contribution in [0, 0.1) is 0 Å². The molecule has 0 N–H and O–H groups in total. The van der Waals surface area contributed by atoms with Crippen molar-refractivity contribution in [3.63, 3.8) is 0 Å². The standard InChI is InChI=1S/C11H13NO/c1-12(10-7-8-11(10)13)9-5-3-2-4-6-9/h2-6,10H,7-8H2,1H3/t10-/m1/s1. The smallest absolute Gasteiger partial charge is 0.155 e. The van der Waals surface area contributed by atoms with Crippen molar-refractivity contribution in [3.05, 3.63) is 30.3 Å². The van der Waals surface area contributed by atoms with Gasteiger partial charge in [0.25, 0.3) is 0 Å². The monoisotopic (exact) mass is 175 g/mol. The van der Waals surface area contributed by atoms with Gasteiger partial charge in [-0.05, 0) is 18.6 Å². The number of carbonyl (C=O) groups is 1. The van der Waals surface area contributed by atoms with Crippen LogP contribution >= 0.6 is 0 Å². The summed E-state index contributed by atoms with van der Waals surface area (Å²) in [6.07, 6.45) is 1.76. The molecule has 1 aromatic carbocycles. The van der Waals surface area contributed by atoms with Crippen molar-refractivity contribution in [1.82, 2.24) is 0 Å². The number of likely N-dealkylation sites (N-methyl/N-ethyl adjacent to an activating group) is 1. The van der Waals surface area contributed by atoms with Crippen molar-refractivity contribution in [3.8, 4) is 0 Å². The molecule has 0 bridgehead atoms. The van der Waals surface area contributed by atoms with Crippen LogP contribution in [0.2, 0.25) is 0 Å². The van der Waals surface area contributed by atoms with Crippen LogP contribution in [0.15, 0.2) is 30.3 Å². The van der Waals surface area contributed by atoms with Crippen LogP contribution in [-0.2, 0) is 4.79 Å². The van der Waals surface area contributed by atoms with Gasteiger partial charge in [-0.3, -0.25) is 4.79 Å². The van der Waals surface area contributed by atoms with Crippen molar-refractivity contribution in [2.75, 3.05) is 11.9 Å². The quantitative estimate of drug-likeness (QED) is 0.683. The third-order valence-corrected chi connectivity index (χ3v) is 2.67.